The molecule has 144 valence electrons. The van der Waals surface area contributed by atoms with E-state index >= 15 is 0 Å². The molecule has 1 aliphatic carbocycles. The molecular weight excluding hydrogens is 351 g/mol. The zero-order valence-corrected chi connectivity index (χ0v) is 15.4. The lowest BCUT2D eigenvalue weighted by molar-refractivity contribution is -0.137. The quantitative estimate of drug-likeness (QED) is 0.756. The molecule has 0 aliphatic heterocycles. The molecule has 0 aromatic heterocycles. The van der Waals surface area contributed by atoms with Crippen molar-refractivity contribution in [2.45, 2.75) is 45.3 Å². The van der Waals surface area contributed by atoms with Crippen LogP contribution in [0.1, 0.15) is 41.5 Å². The number of alkyl halides is 3. The van der Waals surface area contributed by atoms with Crippen LogP contribution in [0, 0.1) is 18.8 Å². The molecule has 3 rings (SSSR count). The molecule has 1 saturated carbocycles. The minimum Gasteiger partial charge on any atom is -0.352 e. The van der Waals surface area contributed by atoms with Gasteiger partial charge in [-0.2, -0.15) is 13.2 Å². The second-order valence-corrected chi connectivity index (χ2v) is 7.40. The standard InChI is InChI=1S/C22H24F3NO/c1-15-8-10-16(11-9-15)14-26-21(27)20-7-3-5-18(20)12-17-4-2-6-19(13-17)22(23,24)25/h2,4,6,8-11,13,18,20H,3,5,7,12,14H2,1H3,(H,26,27). The van der Waals surface area contributed by atoms with Crippen LogP contribution in [-0.4, -0.2) is 5.91 Å². The zero-order chi connectivity index (χ0) is 19.4. The molecule has 0 saturated heterocycles. The maximum atomic E-state index is 12.9. The maximum Gasteiger partial charge on any atom is 0.416 e. The van der Waals surface area contributed by atoms with Crippen molar-refractivity contribution in [2.75, 3.05) is 0 Å². The van der Waals surface area contributed by atoms with Gasteiger partial charge in [0.05, 0.1) is 5.56 Å². The Balaban J connectivity index is 1.61. The van der Waals surface area contributed by atoms with Gasteiger partial charge in [0, 0.05) is 12.5 Å². The van der Waals surface area contributed by atoms with Crippen LogP contribution in [0.3, 0.4) is 0 Å². The van der Waals surface area contributed by atoms with Gasteiger partial charge in [-0.05, 0) is 49.3 Å². The molecule has 0 heterocycles. The van der Waals surface area contributed by atoms with Crippen LogP contribution in [0.4, 0.5) is 13.2 Å². The van der Waals surface area contributed by atoms with Gasteiger partial charge in [0.15, 0.2) is 0 Å². The van der Waals surface area contributed by atoms with Crippen LogP contribution in [-0.2, 0) is 23.9 Å². The maximum absolute atomic E-state index is 12.9. The number of carbonyl (C=O) groups excluding carboxylic acids is 1. The van der Waals surface area contributed by atoms with Crippen molar-refractivity contribution >= 4 is 5.91 Å². The van der Waals surface area contributed by atoms with Gasteiger partial charge in [-0.25, -0.2) is 0 Å². The molecule has 2 atom stereocenters. The van der Waals surface area contributed by atoms with Gasteiger partial charge >= 0.3 is 6.18 Å². The molecule has 0 radical (unpaired) electrons. The lowest BCUT2D eigenvalue weighted by Crippen LogP contribution is -2.33. The van der Waals surface area contributed by atoms with Crippen LogP contribution < -0.4 is 5.32 Å². The van der Waals surface area contributed by atoms with Crippen molar-refractivity contribution in [1.82, 2.24) is 5.32 Å². The Labute approximate surface area is 157 Å². The first-order chi connectivity index (χ1) is 12.8. The summed E-state index contributed by atoms with van der Waals surface area (Å²) in [6.07, 6.45) is -1.22. The van der Waals surface area contributed by atoms with E-state index in [9.17, 15) is 18.0 Å². The Hall–Kier alpha value is -2.30. The van der Waals surface area contributed by atoms with Gasteiger partial charge in [0.2, 0.25) is 5.91 Å². The first-order valence-corrected chi connectivity index (χ1v) is 9.32. The largest absolute Gasteiger partial charge is 0.416 e. The fourth-order valence-electron chi connectivity index (χ4n) is 3.83. The Bertz CT molecular complexity index is 783. The molecule has 1 N–H and O–H groups in total. The molecule has 2 nitrogen and oxygen atoms in total. The molecule has 2 aromatic rings. The second-order valence-electron chi connectivity index (χ2n) is 7.40. The van der Waals surface area contributed by atoms with Gasteiger partial charge in [0.1, 0.15) is 0 Å². The minimum absolute atomic E-state index is 0.00468. The van der Waals surface area contributed by atoms with Crippen molar-refractivity contribution in [3.05, 3.63) is 70.8 Å². The van der Waals surface area contributed by atoms with E-state index in [2.05, 4.69) is 5.32 Å². The van der Waals surface area contributed by atoms with Crippen molar-refractivity contribution in [1.29, 1.82) is 0 Å². The number of carbonyl (C=O) groups is 1. The van der Waals surface area contributed by atoms with Gasteiger partial charge in [-0.3, -0.25) is 4.79 Å². The molecule has 1 fully saturated rings. The molecular formula is C22H24F3NO. The van der Waals surface area contributed by atoms with Crippen molar-refractivity contribution < 1.29 is 18.0 Å². The van der Waals surface area contributed by atoms with Gasteiger partial charge < -0.3 is 5.32 Å². The molecule has 27 heavy (non-hydrogen) atoms. The van der Waals surface area contributed by atoms with E-state index in [1.165, 1.54) is 17.7 Å². The number of halogens is 3. The lowest BCUT2D eigenvalue weighted by atomic mass is 9.88. The Morgan fingerprint density at radius 3 is 2.52 bits per heavy atom. The molecule has 2 unspecified atom stereocenters. The second kappa shape index (κ2) is 8.15. The third kappa shape index (κ3) is 5.12. The van der Waals surface area contributed by atoms with Crippen LogP contribution >= 0.6 is 0 Å². The van der Waals surface area contributed by atoms with E-state index < -0.39 is 11.7 Å². The minimum atomic E-state index is -4.34. The Morgan fingerprint density at radius 2 is 1.81 bits per heavy atom. The normalized spacial score (nSPS) is 19.9. The summed E-state index contributed by atoms with van der Waals surface area (Å²) in [5.41, 5.74) is 2.23. The molecule has 5 heteroatoms. The van der Waals surface area contributed by atoms with Crippen molar-refractivity contribution in [3.8, 4) is 0 Å². The molecule has 0 bridgehead atoms. The van der Waals surface area contributed by atoms with Crippen LogP contribution in [0.15, 0.2) is 48.5 Å². The summed E-state index contributed by atoms with van der Waals surface area (Å²) in [6.45, 7) is 2.49. The third-order valence-corrected chi connectivity index (χ3v) is 5.34. The molecule has 1 amide bonds. The van der Waals surface area contributed by atoms with E-state index in [0.29, 0.717) is 18.5 Å². The lowest BCUT2D eigenvalue weighted by Gasteiger charge is -2.20. The molecule has 2 aromatic carbocycles. The van der Waals surface area contributed by atoms with Gasteiger partial charge in [-0.1, -0.05) is 54.4 Å². The number of amides is 1. The van der Waals surface area contributed by atoms with E-state index in [0.717, 1.165) is 30.9 Å². The average molecular weight is 375 g/mol. The van der Waals surface area contributed by atoms with Crippen LogP contribution in [0.2, 0.25) is 0 Å². The van der Waals surface area contributed by atoms with Gasteiger partial charge in [-0.15, -0.1) is 0 Å². The molecule has 0 spiro atoms. The average Bonchev–Trinajstić information content (AvgIpc) is 3.09. The third-order valence-electron chi connectivity index (χ3n) is 5.34. The monoisotopic (exact) mass is 375 g/mol. The topological polar surface area (TPSA) is 29.1 Å². The summed E-state index contributed by atoms with van der Waals surface area (Å²) >= 11 is 0. The highest BCUT2D eigenvalue weighted by Crippen LogP contribution is 2.36. The zero-order valence-electron chi connectivity index (χ0n) is 15.4. The Morgan fingerprint density at radius 1 is 1.07 bits per heavy atom. The van der Waals surface area contributed by atoms with Crippen LogP contribution in [0.25, 0.3) is 0 Å². The highest BCUT2D eigenvalue weighted by molar-refractivity contribution is 5.79. The number of nitrogens with one attached hydrogen (secondary N) is 1. The fourth-order valence-corrected chi connectivity index (χ4v) is 3.83. The summed E-state index contributed by atoms with van der Waals surface area (Å²) in [5.74, 6) is -0.0402. The van der Waals surface area contributed by atoms with Crippen LogP contribution in [0.5, 0.6) is 0 Å². The van der Waals surface area contributed by atoms with E-state index in [4.69, 9.17) is 0 Å². The summed E-state index contributed by atoms with van der Waals surface area (Å²) < 4.78 is 38.7. The number of benzene rings is 2. The first kappa shape index (κ1) is 19.5. The Kier molecular flexibility index (Phi) is 5.88. The number of hydrogen-bond donors (Lipinski definition) is 1. The SMILES string of the molecule is Cc1ccc(CNC(=O)C2CCCC2Cc2cccc(C(F)(F)F)c2)cc1. The first-order valence-electron chi connectivity index (χ1n) is 9.32. The summed E-state index contributed by atoms with van der Waals surface area (Å²) in [5, 5.41) is 2.99. The highest BCUT2D eigenvalue weighted by Gasteiger charge is 2.34. The smallest absolute Gasteiger partial charge is 0.352 e. The van der Waals surface area contributed by atoms with Crippen molar-refractivity contribution in [3.63, 3.8) is 0 Å². The van der Waals surface area contributed by atoms with Crippen molar-refractivity contribution in [2.24, 2.45) is 11.8 Å². The predicted octanol–water partition coefficient (Wildman–Crippen LogP) is 5.29. The van der Waals surface area contributed by atoms with E-state index in [1.807, 2.05) is 31.2 Å². The summed E-state index contributed by atoms with van der Waals surface area (Å²) in [6, 6.07) is 13.5. The van der Waals surface area contributed by atoms with E-state index in [1.54, 1.807) is 6.07 Å². The van der Waals surface area contributed by atoms with Gasteiger partial charge in [0.25, 0.3) is 0 Å². The van der Waals surface area contributed by atoms with E-state index in [-0.39, 0.29) is 17.7 Å². The fraction of sp³-hybridized carbons (Fsp3) is 0.409. The predicted molar refractivity (Wildman–Crippen MR) is 99.0 cm³/mol. The number of rotatable bonds is 5. The summed E-state index contributed by atoms with van der Waals surface area (Å²) in [7, 11) is 0. The highest BCUT2D eigenvalue weighted by atomic mass is 19.4. The molecule has 1 aliphatic rings. The summed E-state index contributed by atoms with van der Waals surface area (Å²) in [4.78, 5) is 12.6. The number of aryl methyl sites for hydroxylation is 1. The number of hydrogen-bond acceptors (Lipinski definition) is 1.